The van der Waals surface area contributed by atoms with E-state index in [-0.39, 0.29) is 18.4 Å². The van der Waals surface area contributed by atoms with Crippen molar-refractivity contribution in [1.82, 2.24) is 4.90 Å². The van der Waals surface area contributed by atoms with Crippen LogP contribution in [-0.2, 0) is 27.2 Å². The lowest BCUT2D eigenvalue weighted by molar-refractivity contribution is -0.115. The van der Waals surface area contributed by atoms with E-state index in [0.29, 0.717) is 34.8 Å². The number of rotatable bonds is 8. The van der Waals surface area contributed by atoms with E-state index in [4.69, 9.17) is 9.47 Å². The SMILES string of the molecule is COC(=O)c1c(NC(=O)C(Sc2cccc(NC(=O)c3ccc4ccccc4c3)c2)c2ccccc2)sc2c1CCN(C(=O)OC(C)(C)C)C2. The highest BCUT2D eigenvalue weighted by Crippen LogP contribution is 2.41. The number of thioether (sulfide) groups is 1. The fourth-order valence-corrected chi connectivity index (χ4v) is 8.02. The summed E-state index contributed by atoms with van der Waals surface area (Å²) in [6.07, 6.45) is -0.0158. The average molecular weight is 708 g/mol. The van der Waals surface area contributed by atoms with E-state index in [9.17, 15) is 19.2 Å². The highest BCUT2D eigenvalue weighted by atomic mass is 32.2. The van der Waals surface area contributed by atoms with Gasteiger partial charge in [-0.05, 0) is 79.4 Å². The minimum Gasteiger partial charge on any atom is -0.465 e. The van der Waals surface area contributed by atoms with Gasteiger partial charge in [-0.2, -0.15) is 0 Å². The summed E-state index contributed by atoms with van der Waals surface area (Å²) in [6.45, 7) is 6.06. The molecule has 1 aromatic heterocycles. The zero-order valence-corrected chi connectivity index (χ0v) is 29.8. The van der Waals surface area contributed by atoms with Crippen molar-refractivity contribution in [2.24, 2.45) is 0 Å². The lowest BCUT2D eigenvalue weighted by Gasteiger charge is -2.30. The van der Waals surface area contributed by atoms with Crippen molar-refractivity contribution in [2.75, 3.05) is 24.3 Å². The Bertz CT molecular complexity index is 2070. The van der Waals surface area contributed by atoms with Crippen molar-refractivity contribution in [3.63, 3.8) is 0 Å². The fourth-order valence-electron chi connectivity index (χ4n) is 5.69. The van der Waals surface area contributed by atoms with Crippen molar-refractivity contribution >= 4 is 68.4 Å². The third-order valence-corrected chi connectivity index (χ3v) is 10.4. The minimum absolute atomic E-state index is 0.238. The zero-order valence-electron chi connectivity index (χ0n) is 28.1. The van der Waals surface area contributed by atoms with Gasteiger partial charge in [0, 0.05) is 27.6 Å². The first-order valence-electron chi connectivity index (χ1n) is 16.1. The van der Waals surface area contributed by atoms with E-state index in [1.54, 1.807) is 17.0 Å². The summed E-state index contributed by atoms with van der Waals surface area (Å²) in [7, 11) is 1.31. The third-order valence-electron chi connectivity index (χ3n) is 8.03. The Morgan fingerprint density at radius 3 is 2.34 bits per heavy atom. The maximum absolute atomic E-state index is 14.1. The molecule has 9 nitrogen and oxygen atoms in total. The van der Waals surface area contributed by atoms with Gasteiger partial charge < -0.3 is 25.0 Å². The van der Waals surface area contributed by atoms with Gasteiger partial charge in [-0.25, -0.2) is 9.59 Å². The summed E-state index contributed by atoms with van der Waals surface area (Å²) in [5, 5.41) is 7.70. The summed E-state index contributed by atoms with van der Waals surface area (Å²) >= 11 is 2.59. The Balaban J connectivity index is 1.23. The van der Waals surface area contributed by atoms with E-state index in [0.717, 1.165) is 31.7 Å². The average Bonchev–Trinajstić information content (AvgIpc) is 3.46. The molecule has 11 heteroatoms. The van der Waals surface area contributed by atoms with Gasteiger partial charge in [-0.15, -0.1) is 23.1 Å². The van der Waals surface area contributed by atoms with Crippen LogP contribution in [0, 0.1) is 0 Å². The molecule has 5 aromatic rings. The van der Waals surface area contributed by atoms with Gasteiger partial charge in [0.05, 0.1) is 19.2 Å². The topological polar surface area (TPSA) is 114 Å². The summed E-state index contributed by atoms with van der Waals surface area (Å²) in [5.41, 5.74) is 2.31. The third kappa shape index (κ3) is 8.01. The number of methoxy groups -OCH3 is 1. The maximum Gasteiger partial charge on any atom is 0.410 e. The number of carbonyl (C=O) groups excluding carboxylic acids is 4. The smallest absolute Gasteiger partial charge is 0.410 e. The van der Waals surface area contributed by atoms with Crippen molar-refractivity contribution in [3.05, 3.63) is 124 Å². The Morgan fingerprint density at radius 1 is 0.860 bits per heavy atom. The van der Waals surface area contributed by atoms with Gasteiger partial charge in [0.1, 0.15) is 15.9 Å². The van der Waals surface area contributed by atoms with Gasteiger partial charge in [0.2, 0.25) is 5.91 Å². The number of hydrogen-bond acceptors (Lipinski definition) is 8. The number of thiophene rings is 1. The second-order valence-electron chi connectivity index (χ2n) is 12.8. The Labute approximate surface area is 299 Å². The molecular formula is C39H37N3O6S2. The molecule has 256 valence electrons. The fraction of sp³-hybridized carbons (Fsp3) is 0.231. The van der Waals surface area contributed by atoms with E-state index >= 15 is 0 Å². The van der Waals surface area contributed by atoms with Crippen LogP contribution in [0.3, 0.4) is 0 Å². The first-order valence-corrected chi connectivity index (χ1v) is 17.8. The summed E-state index contributed by atoms with van der Waals surface area (Å²) < 4.78 is 10.7. The number of benzene rings is 4. The predicted molar refractivity (Wildman–Crippen MR) is 198 cm³/mol. The lowest BCUT2D eigenvalue weighted by Crippen LogP contribution is -2.39. The Kier molecular flexibility index (Phi) is 10.3. The molecule has 0 radical (unpaired) electrons. The molecule has 0 fully saturated rings. The van der Waals surface area contributed by atoms with Crippen LogP contribution in [-0.4, -0.2) is 48.0 Å². The van der Waals surface area contributed by atoms with Crippen LogP contribution in [0.2, 0.25) is 0 Å². The predicted octanol–water partition coefficient (Wildman–Crippen LogP) is 8.71. The second kappa shape index (κ2) is 14.8. The van der Waals surface area contributed by atoms with Gasteiger partial charge in [0.25, 0.3) is 5.91 Å². The van der Waals surface area contributed by atoms with Crippen LogP contribution in [0.25, 0.3) is 10.8 Å². The molecule has 1 atom stereocenters. The monoisotopic (exact) mass is 707 g/mol. The van der Waals surface area contributed by atoms with E-state index < -0.39 is 22.9 Å². The molecule has 1 aliphatic heterocycles. The highest BCUT2D eigenvalue weighted by molar-refractivity contribution is 8.00. The number of nitrogens with zero attached hydrogens (tertiary/aromatic N) is 1. The first kappa shape index (κ1) is 34.7. The maximum atomic E-state index is 14.1. The van der Waals surface area contributed by atoms with Gasteiger partial charge >= 0.3 is 12.1 Å². The summed E-state index contributed by atoms with van der Waals surface area (Å²) in [5.74, 6) is -1.13. The number of anilines is 2. The number of hydrogen-bond donors (Lipinski definition) is 2. The summed E-state index contributed by atoms with van der Waals surface area (Å²) in [4.78, 5) is 56.4. The van der Waals surface area contributed by atoms with E-state index in [1.807, 2.05) is 106 Å². The molecule has 1 unspecified atom stereocenters. The first-order chi connectivity index (χ1) is 24.0. The van der Waals surface area contributed by atoms with E-state index in [2.05, 4.69) is 10.6 Å². The van der Waals surface area contributed by atoms with Gasteiger partial charge in [-0.1, -0.05) is 66.7 Å². The number of amides is 3. The normalized spacial score (nSPS) is 13.2. The van der Waals surface area contributed by atoms with Crippen LogP contribution in [0.5, 0.6) is 0 Å². The summed E-state index contributed by atoms with van der Waals surface area (Å²) in [6, 6.07) is 30.2. The highest BCUT2D eigenvalue weighted by Gasteiger charge is 2.33. The van der Waals surface area contributed by atoms with Crippen LogP contribution < -0.4 is 10.6 Å². The van der Waals surface area contributed by atoms with Gasteiger partial charge in [0.15, 0.2) is 0 Å². The number of nitrogens with one attached hydrogen (secondary N) is 2. The van der Waals surface area contributed by atoms with E-state index in [1.165, 1.54) is 30.2 Å². The second-order valence-corrected chi connectivity index (χ2v) is 15.1. The van der Waals surface area contributed by atoms with Gasteiger partial charge in [-0.3, -0.25) is 9.59 Å². The quantitative estimate of drug-likeness (QED) is 0.123. The molecule has 0 aliphatic carbocycles. The minimum atomic E-state index is -0.703. The molecule has 2 heterocycles. The molecular weight excluding hydrogens is 671 g/mol. The molecule has 1 aliphatic rings. The Hall–Kier alpha value is -5.13. The molecule has 50 heavy (non-hydrogen) atoms. The molecule has 2 N–H and O–H groups in total. The molecule has 4 aromatic carbocycles. The van der Waals surface area contributed by atoms with Crippen molar-refractivity contribution in [2.45, 2.75) is 49.5 Å². The number of ether oxygens (including phenoxy) is 2. The number of carbonyl (C=O) groups is 4. The molecule has 0 bridgehead atoms. The lowest BCUT2D eigenvalue weighted by atomic mass is 10.0. The van der Waals surface area contributed by atoms with Crippen LogP contribution in [0.1, 0.15) is 62.7 Å². The van der Waals surface area contributed by atoms with Crippen molar-refractivity contribution in [1.29, 1.82) is 0 Å². The van der Waals surface area contributed by atoms with Crippen LogP contribution in [0.15, 0.2) is 102 Å². The number of esters is 1. The standard InChI is InChI=1S/C39H37N3O6S2/c1-39(2,3)48-38(46)42-20-19-30-31(23-42)50-36(32(30)37(45)47-4)41-35(44)33(25-12-6-5-7-13-25)49-29-16-10-15-28(22-29)40-34(43)27-18-17-24-11-8-9-14-26(24)21-27/h5-18,21-22,33H,19-20,23H2,1-4H3,(H,40,43)(H,41,44). The molecule has 6 rings (SSSR count). The molecule has 0 spiro atoms. The zero-order chi connectivity index (χ0) is 35.4. The van der Waals surface area contributed by atoms with Crippen molar-refractivity contribution in [3.8, 4) is 0 Å². The largest absolute Gasteiger partial charge is 0.465 e. The molecule has 0 saturated heterocycles. The number of fused-ring (bicyclic) bond motifs is 2. The molecule has 3 amide bonds. The Morgan fingerprint density at radius 2 is 1.60 bits per heavy atom. The van der Waals surface area contributed by atoms with Crippen LogP contribution in [0.4, 0.5) is 15.5 Å². The molecule has 0 saturated carbocycles. The van der Waals surface area contributed by atoms with Crippen molar-refractivity contribution < 1.29 is 28.7 Å². The van der Waals surface area contributed by atoms with Crippen LogP contribution >= 0.6 is 23.1 Å².